The van der Waals surface area contributed by atoms with Crippen LogP contribution in [0.4, 0.5) is 0 Å². The number of hydrogen-bond donors (Lipinski definition) is 0. The molecule has 0 saturated heterocycles. The van der Waals surface area contributed by atoms with E-state index in [4.69, 9.17) is 5.53 Å². The molecule has 6 heteroatoms. The Bertz CT molecular complexity index is 1850. The van der Waals surface area contributed by atoms with Gasteiger partial charge >= 0.3 is 0 Å². The van der Waals surface area contributed by atoms with Gasteiger partial charge in [-0.25, -0.2) is 4.68 Å². The van der Waals surface area contributed by atoms with Gasteiger partial charge in [0.25, 0.3) is 0 Å². The van der Waals surface area contributed by atoms with Gasteiger partial charge in [-0.3, -0.25) is 0 Å². The predicted molar refractivity (Wildman–Crippen MR) is 186 cm³/mol. The number of aromatic nitrogens is 3. The zero-order valence-corrected chi connectivity index (χ0v) is 25.9. The normalized spacial score (nSPS) is 14.9. The molecule has 1 heterocycles. The number of azide groups is 1. The number of fused-ring (bicyclic) bond motifs is 7. The van der Waals surface area contributed by atoms with E-state index in [-0.39, 0.29) is 7.43 Å². The Balaban J connectivity index is 0.000000179. The van der Waals surface area contributed by atoms with Crippen molar-refractivity contribution in [2.45, 2.75) is 66.3 Å². The summed E-state index contributed by atoms with van der Waals surface area (Å²) in [4.78, 5) is 2.48. The molecule has 0 radical (unpaired) electrons. The molecule has 6 nitrogen and oxygen atoms in total. The van der Waals surface area contributed by atoms with Gasteiger partial charge in [-0.15, -0.1) is 5.10 Å². The van der Waals surface area contributed by atoms with Crippen LogP contribution in [0.5, 0.6) is 0 Å². The number of rotatable bonds is 2. The van der Waals surface area contributed by atoms with E-state index < -0.39 is 0 Å². The van der Waals surface area contributed by atoms with Crippen LogP contribution < -0.4 is 0 Å². The maximum atomic E-state index is 7.52. The molecular weight excluding hydrogens is 552 g/mol. The Labute approximate surface area is 267 Å². The molecule has 5 aromatic rings. The van der Waals surface area contributed by atoms with Crippen molar-refractivity contribution < 1.29 is 0 Å². The molecule has 4 aromatic carbocycles. The standard InChI is InChI=1S/C19H19N3.C17H14.C2H5N3.CH4/c1-3-22-19-16-10-5-4-8-14(16)12-13(2)15-9-6-7-11-17(15)18(19)20-21-22;1-13-12-16-8-3-2-6-14(16)10-11-15-7-4-5-9-17(13)15;1-2-4-5-3;/h4-11,13H,3,12H2,1-2H3;2-9,13H,12H2,1H3;2H2,1H3;1H4. The second-order valence-corrected chi connectivity index (χ2v) is 11.1. The largest absolute Gasteiger partial charge is 0.244 e. The van der Waals surface area contributed by atoms with E-state index in [1.807, 2.05) is 4.68 Å². The zero-order chi connectivity index (χ0) is 30.9. The van der Waals surface area contributed by atoms with Crippen molar-refractivity contribution in [2.75, 3.05) is 6.54 Å². The number of nitrogens with zero attached hydrogens (tertiary/aromatic N) is 6. The minimum atomic E-state index is 0. The van der Waals surface area contributed by atoms with Gasteiger partial charge in [-0.1, -0.05) is 135 Å². The minimum Gasteiger partial charge on any atom is -0.244 e. The summed E-state index contributed by atoms with van der Waals surface area (Å²) in [6.07, 6.45) is 2.11. The quantitative estimate of drug-likeness (QED) is 0.0882. The van der Waals surface area contributed by atoms with Gasteiger partial charge in [0, 0.05) is 40.3 Å². The third kappa shape index (κ3) is 7.34. The summed E-state index contributed by atoms with van der Waals surface area (Å²) < 4.78 is 2.01. The fourth-order valence-electron chi connectivity index (χ4n) is 5.99. The van der Waals surface area contributed by atoms with E-state index in [2.05, 4.69) is 150 Å². The second kappa shape index (κ2) is 15.6. The zero-order valence-electron chi connectivity index (χ0n) is 25.9. The Morgan fingerprint density at radius 2 is 1.31 bits per heavy atom. The molecule has 0 aliphatic heterocycles. The highest BCUT2D eigenvalue weighted by molar-refractivity contribution is 5.82. The summed E-state index contributed by atoms with van der Waals surface area (Å²) >= 11 is 0. The van der Waals surface area contributed by atoms with Gasteiger partial charge in [0.1, 0.15) is 5.69 Å². The molecule has 2 aliphatic carbocycles. The van der Waals surface area contributed by atoms with Crippen molar-refractivity contribution in [3.05, 3.63) is 141 Å². The van der Waals surface area contributed by atoms with Crippen molar-refractivity contribution in [3.63, 3.8) is 0 Å². The monoisotopic (exact) mass is 594 g/mol. The molecule has 2 aliphatic rings. The molecule has 2 unspecified atom stereocenters. The molecule has 2 atom stereocenters. The second-order valence-electron chi connectivity index (χ2n) is 11.1. The van der Waals surface area contributed by atoms with Crippen molar-refractivity contribution in [3.8, 4) is 34.4 Å². The Morgan fingerprint density at radius 1 is 0.756 bits per heavy atom. The molecule has 0 amide bonds. The van der Waals surface area contributed by atoms with Crippen molar-refractivity contribution >= 4 is 0 Å². The molecule has 0 N–H and O–H groups in total. The summed E-state index contributed by atoms with van der Waals surface area (Å²) in [6.45, 7) is 9.86. The van der Waals surface area contributed by atoms with Crippen LogP contribution in [0.3, 0.4) is 0 Å². The van der Waals surface area contributed by atoms with Gasteiger partial charge in [-0.05, 0) is 71.5 Å². The lowest BCUT2D eigenvalue weighted by Crippen LogP contribution is -2.08. The van der Waals surface area contributed by atoms with Gasteiger partial charge in [-0.2, -0.15) is 0 Å². The van der Waals surface area contributed by atoms with Crippen LogP contribution in [0.15, 0.2) is 102 Å². The maximum absolute atomic E-state index is 7.52. The number of aryl methyl sites for hydroxylation is 1. The van der Waals surface area contributed by atoms with E-state index in [1.54, 1.807) is 6.92 Å². The highest BCUT2D eigenvalue weighted by Gasteiger charge is 2.25. The van der Waals surface area contributed by atoms with Gasteiger partial charge in [0.2, 0.25) is 0 Å². The van der Waals surface area contributed by atoms with Crippen LogP contribution in [0.2, 0.25) is 0 Å². The van der Waals surface area contributed by atoms with Crippen molar-refractivity contribution in [1.82, 2.24) is 15.0 Å². The fourth-order valence-corrected chi connectivity index (χ4v) is 5.99. The molecule has 228 valence electrons. The highest BCUT2D eigenvalue weighted by Crippen LogP contribution is 2.40. The van der Waals surface area contributed by atoms with E-state index in [0.717, 1.165) is 30.8 Å². The SMILES string of the molecule is C.CC1Cc2ccccc2C#Cc2ccccc21.CCN=[N+]=[N-].CCn1nnc2c1-c1ccccc1CC(C)c1ccccc1-2. The van der Waals surface area contributed by atoms with Crippen molar-refractivity contribution in [2.24, 2.45) is 5.11 Å². The van der Waals surface area contributed by atoms with Gasteiger partial charge in [0.05, 0.1) is 5.69 Å². The average Bonchev–Trinajstić information content (AvgIpc) is 3.48. The van der Waals surface area contributed by atoms with E-state index in [0.29, 0.717) is 18.4 Å². The predicted octanol–water partition coefficient (Wildman–Crippen LogP) is 9.99. The summed E-state index contributed by atoms with van der Waals surface area (Å²) in [5.41, 5.74) is 20.0. The lowest BCUT2D eigenvalue weighted by atomic mass is 9.83. The minimum absolute atomic E-state index is 0. The van der Waals surface area contributed by atoms with Crippen LogP contribution in [-0.4, -0.2) is 21.5 Å². The van der Waals surface area contributed by atoms with Crippen LogP contribution in [0.25, 0.3) is 33.0 Å². The Kier molecular flexibility index (Phi) is 11.3. The third-order valence-corrected chi connectivity index (χ3v) is 8.15. The molecule has 7 rings (SSSR count). The molecule has 1 aromatic heterocycles. The smallest absolute Gasteiger partial charge is 0.121 e. The first-order valence-corrected chi connectivity index (χ1v) is 15.4. The summed E-state index contributed by atoms with van der Waals surface area (Å²) in [5, 5.41) is 12.1. The Hall–Kier alpha value is -5.11. The average molecular weight is 595 g/mol. The maximum Gasteiger partial charge on any atom is 0.121 e. The molecule has 0 saturated carbocycles. The van der Waals surface area contributed by atoms with Crippen molar-refractivity contribution in [1.29, 1.82) is 0 Å². The lowest BCUT2D eigenvalue weighted by Gasteiger charge is -2.22. The molecular formula is C39H42N6. The van der Waals surface area contributed by atoms with E-state index >= 15 is 0 Å². The third-order valence-electron chi connectivity index (χ3n) is 8.15. The van der Waals surface area contributed by atoms with E-state index in [1.165, 1.54) is 44.5 Å². The van der Waals surface area contributed by atoms with Gasteiger partial charge in [0.15, 0.2) is 0 Å². The van der Waals surface area contributed by atoms with Gasteiger partial charge < -0.3 is 0 Å². The van der Waals surface area contributed by atoms with Crippen LogP contribution in [0, 0.1) is 11.8 Å². The van der Waals surface area contributed by atoms with Crippen LogP contribution >= 0.6 is 0 Å². The molecule has 45 heavy (non-hydrogen) atoms. The fraction of sp³-hybridized carbons (Fsp3) is 0.282. The first-order valence-electron chi connectivity index (χ1n) is 15.4. The summed E-state index contributed by atoms with van der Waals surface area (Å²) in [6, 6.07) is 34.2. The molecule has 0 fully saturated rings. The lowest BCUT2D eigenvalue weighted by molar-refractivity contribution is 0.632. The number of benzene rings is 4. The summed E-state index contributed by atoms with van der Waals surface area (Å²) in [5.74, 6) is 7.59. The molecule has 0 bridgehead atoms. The molecule has 0 spiro atoms. The Morgan fingerprint density at radius 3 is 2.00 bits per heavy atom. The summed E-state index contributed by atoms with van der Waals surface area (Å²) in [7, 11) is 0. The van der Waals surface area contributed by atoms with Crippen LogP contribution in [0.1, 0.15) is 80.3 Å². The number of hydrogen-bond acceptors (Lipinski definition) is 3. The first-order chi connectivity index (χ1) is 21.5. The van der Waals surface area contributed by atoms with E-state index in [9.17, 15) is 0 Å². The topological polar surface area (TPSA) is 79.5 Å². The van der Waals surface area contributed by atoms with Crippen LogP contribution in [-0.2, 0) is 19.4 Å². The highest BCUT2D eigenvalue weighted by atomic mass is 15.4. The first kappa shape index (κ1) is 32.8.